The third kappa shape index (κ3) is 6.10. The van der Waals surface area contributed by atoms with Crippen molar-refractivity contribution < 1.29 is 0 Å². The van der Waals surface area contributed by atoms with Gasteiger partial charge >= 0.3 is 0 Å². The lowest BCUT2D eigenvalue weighted by Crippen LogP contribution is -2.25. The molecule has 0 radical (unpaired) electrons. The average molecular weight is 292 g/mol. The largest absolute Gasteiger partial charge is 0.310 e. The molecular weight excluding hydrogens is 264 g/mol. The molecular formula is C17H28N2S. The summed E-state index contributed by atoms with van der Waals surface area (Å²) in [6.45, 7) is 9.00. The van der Waals surface area contributed by atoms with E-state index in [-0.39, 0.29) is 0 Å². The van der Waals surface area contributed by atoms with Gasteiger partial charge in [-0.25, -0.2) is 0 Å². The highest BCUT2D eigenvalue weighted by Gasteiger charge is 2.27. The van der Waals surface area contributed by atoms with E-state index in [0.29, 0.717) is 5.41 Å². The van der Waals surface area contributed by atoms with Gasteiger partial charge in [-0.15, -0.1) is 0 Å². The van der Waals surface area contributed by atoms with Crippen LogP contribution in [0.3, 0.4) is 0 Å². The second-order valence-corrected chi connectivity index (χ2v) is 7.38. The maximum absolute atomic E-state index is 7.48. The van der Waals surface area contributed by atoms with E-state index in [1.165, 1.54) is 30.4 Å². The Morgan fingerprint density at radius 3 is 2.00 bits per heavy atom. The molecule has 2 nitrogen and oxygen atoms in total. The highest BCUT2D eigenvalue weighted by molar-refractivity contribution is 7.97. The number of nitrogens with two attached hydrogens (primary N) is 1. The molecule has 20 heavy (non-hydrogen) atoms. The summed E-state index contributed by atoms with van der Waals surface area (Å²) in [7, 11) is 0. The van der Waals surface area contributed by atoms with Crippen molar-refractivity contribution in [1.82, 2.24) is 0 Å². The lowest BCUT2D eigenvalue weighted by atomic mass is 9.72. The zero-order valence-electron chi connectivity index (χ0n) is 13.2. The van der Waals surface area contributed by atoms with Gasteiger partial charge in [-0.2, -0.15) is 0 Å². The van der Waals surface area contributed by atoms with Crippen LogP contribution in [0.5, 0.6) is 0 Å². The van der Waals surface area contributed by atoms with Crippen LogP contribution < -0.4 is 5.14 Å². The quantitative estimate of drug-likeness (QED) is 0.699. The average Bonchev–Trinajstić information content (AvgIpc) is 2.40. The minimum absolute atomic E-state index is 0.459. The van der Waals surface area contributed by atoms with E-state index in [1.807, 2.05) is 12.1 Å². The van der Waals surface area contributed by atoms with E-state index in [9.17, 15) is 0 Å². The van der Waals surface area contributed by atoms with Crippen LogP contribution in [0.4, 0.5) is 0 Å². The van der Waals surface area contributed by atoms with E-state index in [0.717, 1.165) is 29.4 Å². The fourth-order valence-electron chi connectivity index (χ4n) is 2.45. The smallest absolute Gasteiger partial charge is 0.0226 e. The molecule has 0 aliphatic heterocycles. The molecule has 0 amide bonds. The molecule has 1 saturated carbocycles. The zero-order valence-corrected chi connectivity index (χ0v) is 14.0. The van der Waals surface area contributed by atoms with Gasteiger partial charge in [-0.05, 0) is 68.0 Å². The summed E-state index contributed by atoms with van der Waals surface area (Å²) in [4.78, 5) is 1.11. The van der Waals surface area contributed by atoms with Gasteiger partial charge in [0.05, 0.1) is 0 Å². The van der Waals surface area contributed by atoms with E-state index in [4.69, 9.17) is 10.5 Å². The summed E-state index contributed by atoms with van der Waals surface area (Å²) in [6, 6.07) is 8.13. The van der Waals surface area contributed by atoms with Crippen molar-refractivity contribution in [3.63, 3.8) is 0 Å². The van der Waals surface area contributed by atoms with Crippen LogP contribution in [0.2, 0.25) is 0 Å². The number of rotatable bonds is 1. The van der Waals surface area contributed by atoms with Crippen molar-refractivity contribution in [2.75, 3.05) is 0 Å². The first-order chi connectivity index (χ1) is 9.32. The van der Waals surface area contributed by atoms with Crippen LogP contribution in [0, 0.1) is 23.7 Å². The summed E-state index contributed by atoms with van der Waals surface area (Å²) in [5, 5.41) is 12.8. The number of aryl methyl sites for hydroxylation is 1. The van der Waals surface area contributed by atoms with E-state index < -0.39 is 0 Å². The Kier molecular flexibility index (Phi) is 6.77. The van der Waals surface area contributed by atoms with Crippen molar-refractivity contribution in [3.05, 3.63) is 29.8 Å². The van der Waals surface area contributed by atoms with Crippen molar-refractivity contribution in [2.24, 2.45) is 16.5 Å². The Balaban J connectivity index is 0.000000204. The summed E-state index contributed by atoms with van der Waals surface area (Å²) in [6.07, 6.45) is 4.56. The lowest BCUT2D eigenvalue weighted by molar-refractivity contribution is 0.208. The molecule has 0 atom stereocenters. The summed E-state index contributed by atoms with van der Waals surface area (Å²) >= 11 is 1.28. The topological polar surface area (TPSA) is 49.9 Å². The van der Waals surface area contributed by atoms with Gasteiger partial charge in [0.1, 0.15) is 0 Å². The zero-order chi connectivity index (χ0) is 15.2. The molecule has 0 bridgehead atoms. The van der Waals surface area contributed by atoms with Crippen molar-refractivity contribution in [2.45, 2.75) is 58.3 Å². The summed E-state index contributed by atoms with van der Waals surface area (Å²) in [5.74, 6) is 0.844. The molecule has 1 aliphatic carbocycles. The van der Waals surface area contributed by atoms with Gasteiger partial charge in [-0.1, -0.05) is 38.5 Å². The van der Waals surface area contributed by atoms with Crippen LogP contribution >= 0.6 is 11.9 Å². The Labute approximate surface area is 128 Å². The maximum atomic E-state index is 7.48. The highest BCUT2D eigenvalue weighted by atomic mass is 32.2. The Bertz CT molecular complexity index is 408. The van der Waals surface area contributed by atoms with E-state index >= 15 is 0 Å². The van der Waals surface area contributed by atoms with Crippen LogP contribution in [-0.4, -0.2) is 5.71 Å². The first kappa shape index (κ1) is 17.3. The molecule has 1 aromatic rings. The van der Waals surface area contributed by atoms with Gasteiger partial charge in [0.25, 0.3) is 0 Å². The molecule has 3 N–H and O–H groups in total. The first-order valence-electron chi connectivity index (χ1n) is 7.32. The van der Waals surface area contributed by atoms with Crippen molar-refractivity contribution >= 4 is 17.7 Å². The Hall–Kier alpha value is -0.800. The van der Waals surface area contributed by atoms with E-state index in [1.54, 1.807) is 0 Å². The fourth-order valence-corrected chi connectivity index (χ4v) is 2.74. The van der Waals surface area contributed by atoms with Gasteiger partial charge in [0.2, 0.25) is 0 Å². The summed E-state index contributed by atoms with van der Waals surface area (Å²) < 4.78 is 0. The van der Waals surface area contributed by atoms with Crippen molar-refractivity contribution in [1.29, 1.82) is 5.41 Å². The normalized spacial score (nSPS) is 19.2. The van der Waals surface area contributed by atoms with Gasteiger partial charge < -0.3 is 5.41 Å². The van der Waals surface area contributed by atoms with Gasteiger partial charge in [0.15, 0.2) is 0 Å². The molecule has 1 fully saturated rings. The molecule has 0 saturated heterocycles. The number of hydrogen-bond acceptors (Lipinski definition) is 3. The third-order valence-corrected chi connectivity index (χ3v) is 4.52. The molecule has 0 aromatic heterocycles. The standard InChI is InChI=1S/C10H19N.C7H9NS/c1-10(2,3)8-4-6-9(11)7-5-8;1-6-2-4-7(9-8)5-3-6/h8,11H,4-7H2,1-3H3;2-5H,8H2,1H3. The molecule has 2 rings (SSSR count). The number of nitrogens with one attached hydrogen (secondary N) is 1. The second kappa shape index (κ2) is 7.84. The number of hydrogen-bond donors (Lipinski definition) is 2. The number of benzene rings is 1. The molecule has 0 unspecified atom stereocenters. The van der Waals surface area contributed by atoms with Crippen LogP contribution in [0.15, 0.2) is 29.2 Å². The van der Waals surface area contributed by atoms with Crippen LogP contribution in [0.1, 0.15) is 52.0 Å². The molecule has 3 heteroatoms. The van der Waals surface area contributed by atoms with E-state index in [2.05, 4.69) is 39.8 Å². The molecule has 1 aromatic carbocycles. The molecule has 112 valence electrons. The van der Waals surface area contributed by atoms with Gasteiger partial charge in [-0.3, -0.25) is 5.14 Å². The first-order valence-corrected chi connectivity index (χ1v) is 8.20. The Morgan fingerprint density at radius 1 is 1.10 bits per heavy atom. The minimum Gasteiger partial charge on any atom is -0.310 e. The van der Waals surface area contributed by atoms with Crippen molar-refractivity contribution in [3.8, 4) is 0 Å². The highest BCUT2D eigenvalue weighted by Crippen LogP contribution is 2.36. The van der Waals surface area contributed by atoms with Crippen LogP contribution in [-0.2, 0) is 0 Å². The lowest BCUT2D eigenvalue weighted by Gasteiger charge is -2.33. The Morgan fingerprint density at radius 2 is 1.60 bits per heavy atom. The minimum atomic E-state index is 0.459. The molecule has 0 heterocycles. The maximum Gasteiger partial charge on any atom is 0.0226 e. The monoisotopic (exact) mass is 292 g/mol. The fraction of sp³-hybridized carbons (Fsp3) is 0.588. The van der Waals surface area contributed by atoms with Gasteiger partial charge in [0, 0.05) is 10.6 Å². The van der Waals surface area contributed by atoms with Crippen LogP contribution in [0.25, 0.3) is 0 Å². The second-order valence-electron chi connectivity index (χ2n) is 6.67. The third-order valence-electron chi connectivity index (χ3n) is 3.97. The SMILES string of the molecule is CC(C)(C)C1CCC(=N)CC1.Cc1ccc(SN)cc1. The molecule has 0 spiro atoms. The predicted molar refractivity (Wildman–Crippen MR) is 90.4 cm³/mol. The summed E-state index contributed by atoms with van der Waals surface area (Å²) in [5.41, 5.74) is 2.69. The molecule has 1 aliphatic rings. The predicted octanol–water partition coefficient (Wildman–Crippen LogP) is 5.20.